The van der Waals surface area contributed by atoms with Crippen molar-refractivity contribution in [1.82, 2.24) is 25.0 Å². The van der Waals surface area contributed by atoms with Crippen LogP contribution in [0.4, 0.5) is 0 Å². The van der Waals surface area contributed by atoms with Gasteiger partial charge in [-0.1, -0.05) is 6.92 Å². The number of carbonyl (C=O) groups excluding carboxylic acids is 1. The highest BCUT2D eigenvalue weighted by atomic mass is 16.2. The van der Waals surface area contributed by atoms with E-state index < -0.39 is 0 Å². The summed E-state index contributed by atoms with van der Waals surface area (Å²) in [6, 6.07) is 4.12. The molecule has 2 unspecified atom stereocenters. The van der Waals surface area contributed by atoms with Crippen LogP contribution in [0, 0.1) is 0 Å². The van der Waals surface area contributed by atoms with Crippen LogP contribution in [-0.4, -0.2) is 84.0 Å². The third-order valence-electron chi connectivity index (χ3n) is 5.27. The highest BCUT2D eigenvalue weighted by molar-refractivity contribution is 5.83. The molecule has 0 saturated carbocycles. The predicted molar refractivity (Wildman–Crippen MR) is 94.7 cm³/mol. The fourth-order valence-electron chi connectivity index (χ4n) is 3.72. The number of aromatic nitrogens is 1. The molecule has 3 rings (SSSR count). The highest BCUT2D eigenvalue weighted by Crippen LogP contribution is 2.26. The maximum Gasteiger partial charge on any atom is 0.244 e. The largest absolute Gasteiger partial charge is 0.338 e. The van der Waals surface area contributed by atoms with Crippen LogP contribution >= 0.6 is 0 Å². The fourth-order valence-corrected chi connectivity index (χ4v) is 3.72. The first-order valence-corrected chi connectivity index (χ1v) is 9.08. The summed E-state index contributed by atoms with van der Waals surface area (Å²) >= 11 is 0. The van der Waals surface area contributed by atoms with Crippen LogP contribution in [-0.2, 0) is 4.79 Å². The van der Waals surface area contributed by atoms with Crippen molar-refractivity contribution in [2.45, 2.75) is 25.9 Å². The molecule has 3 heterocycles. The van der Waals surface area contributed by atoms with E-state index >= 15 is 0 Å². The number of likely N-dealkylation sites (N-methyl/N-ethyl adjacent to an activating group) is 1. The Labute approximate surface area is 144 Å². The fraction of sp³-hybridized carbons (Fsp3) is 0.667. The minimum atomic E-state index is -0.196. The van der Waals surface area contributed by atoms with Gasteiger partial charge in [-0.2, -0.15) is 0 Å². The van der Waals surface area contributed by atoms with Gasteiger partial charge in [0.15, 0.2) is 0 Å². The Morgan fingerprint density at radius 3 is 2.58 bits per heavy atom. The van der Waals surface area contributed by atoms with Crippen molar-refractivity contribution < 1.29 is 4.79 Å². The lowest BCUT2D eigenvalue weighted by atomic mass is 10.0. The zero-order chi connectivity index (χ0) is 16.9. The number of carbonyl (C=O) groups is 1. The molecule has 1 amide bonds. The maximum absolute atomic E-state index is 13.4. The van der Waals surface area contributed by atoms with Crippen molar-refractivity contribution in [2.24, 2.45) is 0 Å². The molecule has 2 aliphatic rings. The van der Waals surface area contributed by atoms with E-state index in [-0.39, 0.29) is 11.9 Å². The van der Waals surface area contributed by atoms with Crippen molar-refractivity contribution in [1.29, 1.82) is 0 Å². The van der Waals surface area contributed by atoms with E-state index in [1.807, 2.05) is 17.0 Å². The van der Waals surface area contributed by atoms with Gasteiger partial charge >= 0.3 is 0 Å². The van der Waals surface area contributed by atoms with Crippen LogP contribution < -0.4 is 5.32 Å². The lowest BCUT2D eigenvalue weighted by Gasteiger charge is -2.42. The van der Waals surface area contributed by atoms with Gasteiger partial charge in [-0.15, -0.1) is 0 Å². The van der Waals surface area contributed by atoms with Crippen molar-refractivity contribution in [3.8, 4) is 0 Å². The third-order valence-corrected chi connectivity index (χ3v) is 5.27. The summed E-state index contributed by atoms with van der Waals surface area (Å²) in [6.45, 7) is 11.8. The molecule has 0 spiro atoms. The van der Waals surface area contributed by atoms with Crippen LogP contribution in [0.3, 0.4) is 0 Å². The van der Waals surface area contributed by atoms with E-state index in [1.165, 1.54) is 0 Å². The third kappa shape index (κ3) is 3.77. The topological polar surface area (TPSA) is 51.7 Å². The van der Waals surface area contributed by atoms with Crippen LogP contribution in [0.25, 0.3) is 0 Å². The first kappa shape index (κ1) is 17.3. The van der Waals surface area contributed by atoms with Crippen LogP contribution in [0.5, 0.6) is 0 Å². The molecule has 1 aromatic rings. The van der Waals surface area contributed by atoms with Crippen LogP contribution in [0.1, 0.15) is 25.5 Å². The Morgan fingerprint density at radius 1 is 1.25 bits per heavy atom. The number of amides is 1. The van der Waals surface area contributed by atoms with E-state index in [4.69, 9.17) is 0 Å². The second kappa shape index (κ2) is 8.05. The smallest absolute Gasteiger partial charge is 0.244 e. The number of piperazine rings is 2. The van der Waals surface area contributed by atoms with Gasteiger partial charge in [0.1, 0.15) is 6.04 Å². The summed E-state index contributed by atoms with van der Waals surface area (Å²) in [7, 11) is 0. The molecule has 1 N–H and O–H groups in total. The molecular weight excluding hydrogens is 302 g/mol. The minimum absolute atomic E-state index is 0.196. The van der Waals surface area contributed by atoms with Gasteiger partial charge < -0.3 is 15.1 Å². The number of nitrogens with zero attached hydrogens (tertiary/aromatic N) is 4. The molecule has 0 aliphatic carbocycles. The molecule has 0 aromatic carbocycles. The Morgan fingerprint density at radius 2 is 1.96 bits per heavy atom. The molecule has 6 heteroatoms. The summed E-state index contributed by atoms with van der Waals surface area (Å²) in [4.78, 5) is 24.3. The predicted octanol–water partition coefficient (Wildman–Crippen LogP) is 0.581. The Bertz CT molecular complexity index is 529. The van der Waals surface area contributed by atoms with Gasteiger partial charge in [-0.25, -0.2) is 0 Å². The van der Waals surface area contributed by atoms with E-state index in [2.05, 4.69) is 33.9 Å². The summed E-state index contributed by atoms with van der Waals surface area (Å²) in [6.07, 6.45) is 3.58. The second-order valence-electron chi connectivity index (χ2n) is 6.73. The highest BCUT2D eigenvalue weighted by Gasteiger charge is 2.35. The summed E-state index contributed by atoms with van der Waals surface area (Å²) in [5.41, 5.74) is 1.06. The van der Waals surface area contributed by atoms with E-state index in [0.29, 0.717) is 6.04 Å². The molecule has 2 atom stereocenters. The summed E-state index contributed by atoms with van der Waals surface area (Å²) in [5.74, 6) is 0.241. The number of hydrogen-bond donors (Lipinski definition) is 1. The molecule has 2 fully saturated rings. The Kier molecular flexibility index (Phi) is 5.81. The molecule has 0 bridgehead atoms. The van der Waals surface area contributed by atoms with Gasteiger partial charge in [-0.3, -0.25) is 14.7 Å². The van der Waals surface area contributed by atoms with E-state index in [0.717, 1.165) is 57.9 Å². The van der Waals surface area contributed by atoms with Crippen molar-refractivity contribution >= 4 is 5.91 Å². The number of hydrogen-bond acceptors (Lipinski definition) is 5. The zero-order valence-electron chi connectivity index (χ0n) is 14.8. The molecule has 0 radical (unpaired) electrons. The maximum atomic E-state index is 13.4. The first-order valence-electron chi connectivity index (χ1n) is 9.08. The molecule has 24 heavy (non-hydrogen) atoms. The zero-order valence-corrected chi connectivity index (χ0v) is 14.8. The lowest BCUT2D eigenvalue weighted by molar-refractivity contribution is -0.140. The van der Waals surface area contributed by atoms with Gasteiger partial charge in [-0.05, 0) is 31.2 Å². The number of pyridine rings is 1. The first-order chi connectivity index (χ1) is 11.7. The molecule has 132 valence electrons. The average molecular weight is 331 g/mol. The van der Waals surface area contributed by atoms with Crippen molar-refractivity contribution in [2.75, 3.05) is 52.4 Å². The number of rotatable bonds is 4. The Balaban J connectivity index is 1.80. The van der Waals surface area contributed by atoms with E-state index in [9.17, 15) is 4.79 Å². The van der Waals surface area contributed by atoms with Gasteiger partial charge in [0.25, 0.3) is 0 Å². The van der Waals surface area contributed by atoms with E-state index in [1.54, 1.807) is 12.4 Å². The number of nitrogens with one attached hydrogen (secondary N) is 1. The lowest BCUT2D eigenvalue weighted by Crippen LogP contribution is -2.57. The minimum Gasteiger partial charge on any atom is -0.338 e. The van der Waals surface area contributed by atoms with Gasteiger partial charge in [0.2, 0.25) is 5.91 Å². The van der Waals surface area contributed by atoms with Gasteiger partial charge in [0.05, 0.1) is 0 Å². The molecule has 1 aromatic heterocycles. The van der Waals surface area contributed by atoms with Crippen LogP contribution in [0.15, 0.2) is 24.5 Å². The summed E-state index contributed by atoms with van der Waals surface area (Å²) in [5, 5.41) is 3.42. The Hall–Kier alpha value is -1.50. The van der Waals surface area contributed by atoms with Crippen molar-refractivity contribution in [3.05, 3.63) is 30.1 Å². The SMILES string of the molecule is CCN1CCN(C(=O)C(c2ccncc2)N2CCNCC2C)CC1. The standard InChI is InChI=1S/C18H29N5O/c1-3-21-10-12-22(13-11-21)18(24)17(16-4-6-19-7-5-16)23-9-8-20-14-15(23)2/h4-7,15,17,20H,3,8-14H2,1-2H3. The molecule has 6 nitrogen and oxygen atoms in total. The quantitative estimate of drug-likeness (QED) is 0.875. The molecule has 2 aliphatic heterocycles. The van der Waals surface area contributed by atoms with Crippen molar-refractivity contribution in [3.63, 3.8) is 0 Å². The van der Waals surface area contributed by atoms with Crippen LogP contribution in [0.2, 0.25) is 0 Å². The average Bonchev–Trinajstić information content (AvgIpc) is 2.64. The monoisotopic (exact) mass is 331 g/mol. The normalized spacial score (nSPS) is 24.8. The second-order valence-corrected chi connectivity index (χ2v) is 6.73. The molecular formula is C18H29N5O. The molecule has 2 saturated heterocycles. The van der Waals surface area contributed by atoms with Gasteiger partial charge in [0, 0.05) is 64.2 Å². The summed E-state index contributed by atoms with van der Waals surface area (Å²) < 4.78 is 0.